The minimum absolute atomic E-state index is 0.0420. The standard InChI is InChI=1S/C16H18N2O2/c1-11-6-7-18-10-13(11)15(17-2)12-4-3-5-14-16(12)20-9-8-19-14/h3-7,10,15,17H,8-9H2,1-2H3. The Labute approximate surface area is 118 Å². The van der Waals surface area contributed by atoms with Gasteiger partial charge in [0, 0.05) is 18.0 Å². The van der Waals surface area contributed by atoms with Crippen molar-refractivity contribution < 1.29 is 9.47 Å². The van der Waals surface area contributed by atoms with Gasteiger partial charge in [0.15, 0.2) is 11.5 Å². The van der Waals surface area contributed by atoms with Crippen molar-refractivity contribution >= 4 is 0 Å². The molecule has 0 bridgehead atoms. The largest absolute Gasteiger partial charge is 0.486 e. The molecule has 1 aliphatic heterocycles. The molecule has 2 heterocycles. The number of hydrogen-bond acceptors (Lipinski definition) is 4. The first-order chi connectivity index (χ1) is 9.81. The summed E-state index contributed by atoms with van der Waals surface area (Å²) in [5.41, 5.74) is 3.44. The first kappa shape index (κ1) is 12.9. The van der Waals surface area contributed by atoms with Gasteiger partial charge in [0.05, 0.1) is 6.04 Å². The zero-order chi connectivity index (χ0) is 13.9. The van der Waals surface area contributed by atoms with E-state index in [0.29, 0.717) is 13.2 Å². The van der Waals surface area contributed by atoms with E-state index >= 15 is 0 Å². The number of nitrogens with zero attached hydrogens (tertiary/aromatic N) is 1. The molecule has 0 radical (unpaired) electrons. The lowest BCUT2D eigenvalue weighted by Gasteiger charge is -2.26. The second-order valence-electron chi connectivity index (χ2n) is 4.83. The smallest absolute Gasteiger partial charge is 0.166 e. The number of fused-ring (bicyclic) bond motifs is 1. The van der Waals surface area contributed by atoms with Crippen LogP contribution in [0.5, 0.6) is 11.5 Å². The van der Waals surface area contributed by atoms with Crippen molar-refractivity contribution in [3.05, 3.63) is 53.3 Å². The molecule has 0 fully saturated rings. The van der Waals surface area contributed by atoms with Gasteiger partial charge in [0.1, 0.15) is 13.2 Å². The van der Waals surface area contributed by atoms with E-state index in [4.69, 9.17) is 9.47 Å². The van der Waals surface area contributed by atoms with Crippen molar-refractivity contribution in [1.82, 2.24) is 10.3 Å². The van der Waals surface area contributed by atoms with Crippen LogP contribution in [-0.4, -0.2) is 25.2 Å². The lowest BCUT2D eigenvalue weighted by Crippen LogP contribution is -2.23. The highest BCUT2D eigenvalue weighted by molar-refractivity contribution is 5.51. The molecule has 1 aromatic heterocycles. The monoisotopic (exact) mass is 270 g/mol. The fourth-order valence-electron chi connectivity index (χ4n) is 2.58. The maximum atomic E-state index is 5.81. The molecule has 1 unspecified atom stereocenters. The Kier molecular flexibility index (Phi) is 3.56. The highest BCUT2D eigenvalue weighted by Gasteiger charge is 2.23. The second kappa shape index (κ2) is 5.51. The minimum atomic E-state index is 0.0420. The Morgan fingerprint density at radius 3 is 2.80 bits per heavy atom. The quantitative estimate of drug-likeness (QED) is 0.930. The molecular formula is C16H18N2O2. The molecule has 2 aromatic rings. The normalized spacial score (nSPS) is 14.9. The Morgan fingerprint density at radius 1 is 1.15 bits per heavy atom. The fourth-order valence-corrected chi connectivity index (χ4v) is 2.58. The number of ether oxygens (including phenoxy) is 2. The molecule has 0 saturated heterocycles. The van der Waals surface area contributed by atoms with Crippen LogP contribution in [0.15, 0.2) is 36.7 Å². The van der Waals surface area contributed by atoms with Gasteiger partial charge < -0.3 is 14.8 Å². The summed E-state index contributed by atoms with van der Waals surface area (Å²) in [5, 5.41) is 3.35. The lowest BCUT2D eigenvalue weighted by molar-refractivity contribution is 0.169. The van der Waals surface area contributed by atoms with E-state index in [-0.39, 0.29) is 6.04 Å². The Hall–Kier alpha value is -2.07. The molecule has 104 valence electrons. The lowest BCUT2D eigenvalue weighted by atomic mass is 9.95. The van der Waals surface area contributed by atoms with Crippen LogP contribution >= 0.6 is 0 Å². The summed E-state index contributed by atoms with van der Waals surface area (Å²) in [4.78, 5) is 4.24. The number of pyridine rings is 1. The number of rotatable bonds is 3. The Balaban J connectivity index is 2.09. The van der Waals surface area contributed by atoms with E-state index in [1.54, 1.807) is 0 Å². The zero-order valence-corrected chi connectivity index (χ0v) is 11.7. The number of benzene rings is 1. The van der Waals surface area contributed by atoms with Crippen LogP contribution in [0.25, 0.3) is 0 Å². The van der Waals surface area contributed by atoms with Crippen LogP contribution in [0.3, 0.4) is 0 Å². The maximum absolute atomic E-state index is 5.81. The van der Waals surface area contributed by atoms with Crippen LogP contribution < -0.4 is 14.8 Å². The third kappa shape index (κ3) is 2.23. The summed E-state index contributed by atoms with van der Waals surface area (Å²) in [6, 6.07) is 8.08. The zero-order valence-electron chi connectivity index (χ0n) is 11.7. The minimum Gasteiger partial charge on any atom is -0.486 e. The molecule has 1 atom stereocenters. The summed E-state index contributed by atoms with van der Waals surface area (Å²) in [7, 11) is 1.94. The van der Waals surface area contributed by atoms with Crippen molar-refractivity contribution in [2.75, 3.05) is 20.3 Å². The predicted molar refractivity (Wildman–Crippen MR) is 77.3 cm³/mol. The van der Waals surface area contributed by atoms with Crippen LogP contribution in [0, 0.1) is 6.92 Å². The van der Waals surface area contributed by atoms with Gasteiger partial charge in [-0.15, -0.1) is 0 Å². The number of nitrogens with one attached hydrogen (secondary N) is 1. The van der Waals surface area contributed by atoms with Gasteiger partial charge >= 0.3 is 0 Å². The number of aromatic nitrogens is 1. The molecular weight excluding hydrogens is 252 g/mol. The molecule has 0 aliphatic carbocycles. The summed E-state index contributed by atoms with van der Waals surface area (Å²) in [6.45, 7) is 3.28. The van der Waals surface area contributed by atoms with Crippen molar-refractivity contribution in [1.29, 1.82) is 0 Å². The molecule has 4 nitrogen and oxygen atoms in total. The fraction of sp³-hybridized carbons (Fsp3) is 0.312. The molecule has 1 aromatic carbocycles. The van der Waals surface area contributed by atoms with Gasteiger partial charge in [-0.2, -0.15) is 0 Å². The van der Waals surface area contributed by atoms with E-state index in [9.17, 15) is 0 Å². The van der Waals surface area contributed by atoms with E-state index < -0.39 is 0 Å². The van der Waals surface area contributed by atoms with Crippen LogP contribution in [0.2, 0.25) is 0 Å². The topological polar surface area (TPSA) is 43.4 Å². The van der Waals surface area contributed by atoms with Gasteiger partial charge in [0.25, 0.3) is 0 Å². The van der Waals surface area contributed by atoms with E-state index in [1.165, 1.54) is 5.56 Å². The van der Waals surface area contributed by atoms with Gasteiger partial charge in [-0.1, -0.05) is 12.1 Å². The molecule has 4 heteroatoms. The highest BCUT2D eigenvalue weighted by atomic mass is 16.6. The van der Waals surface area contributed by atoms with Crippen molar-refractivity contribution in [2.24, 2.45) is 0 Å². The summed E-state index contributed by atoms with van der Waals surface area (Å²) >= 11 is 0. The first-order valence-corrected chi connectivity index (χ1v) is 6.77. The third-order valence-corrected chi connectivity index (χ3v) is 3.59. The summed E-state index contributed by atoms with van der Waals surface area (Å²) in [6.07, 6.45) is 3.71. The van der Waals surface area contributed by atoms with Crippen molar-refractivity contribution in [3.63, 3.8) is 0 Å². The van der Waals surface area contributed by atoms with E-state index in [0.717, 1.165) is 22.6 Å². The van der Waals surface area contributed by atoms with Gasteiger partial charge in [0.2, 0.25) is 0 Å². The second-order valence-corrected chi connectivity index (χ2v) is 4.83. The molecule has 0 amide bonds. The maximum Gasteiger partial charge on any atom is 0.166 e. The summed E-state index contributed by atoms with van der Waals surface area (Å²) < 4.78 is 11.5. The number of hydrogen-bond donors (Lipinski definition) is 1. The van der Waals surface area contributed by atoms with E-state index in [2.05, 4.69) is 23.3 Å². The van der Waals surface area contributed by atoms with E-state index in [1.807, 2.05) is 37.6 Å². The third-order valence-electron chi connectivity index (χ3n) is 3.59. The molecule has 20 heavy (non-hydrogen) atoms. The van der Waals surface area contributed by atoms with Crippen LogP contribution in [0.4, 0.5) is 0 Å². The number of para-hydroxylation sites is 1. The van der Waals surface area contributed by atoms with Gasteiger partial charge in [-0.3, -0.25) is 4.98 Å². The number of aryl methyl sites for hydroxylation is 1. The Morgan fingerprint density at radius 2 is 2.00 bits per heavy atom. The summed E-state index contributed by atoms with van der Waals surface area (Å²) in [5.74, 6) is 1.65. The SMILES string of the molecule is CNC(c1cnccc1C)c1cccc2c1OCCO2. The molecule has 1 aliphatic rings. The predicted octanol–water partition coefficient (Wildman–Crippen LogP) is 2.47. The molecule has 0 saturated carbocycles. The average molecular weight is 270 g/mol. The van der Waals surface area contributed by atoms with Gasteiger partial charge in [-0.05, 0) is 37.2 Å². The first-order valence-electron chi connectivity index (χ1n) is 6.77. The average Bonchev–Trinajstić information content (AvgIpc) is 2.50. The van der Waals surface area contributed by atoms with Crippen LogP contribution in [0.1, 0.15) is 22.7 Å². The Bertz CT molecular complexity index is 613. The molecule has 1 N–H and O–H groups in total. The van der Waals surface area contributed by atoms with Crippen LogP contribution in [-0.2, 0) is 0 Å². The molecule has 0 spiro atoms. The van der Waals surface area contributed by atoms with Crippen molar-refractivity contribution in [2.45, 2.75) is 13.0 Å². The molecule has 3 rings (SSSR count). The highest BCUT2D eigenvalue weighted by Crippen LogP contribution is 2.39. The van der Waals surface area contributed by atoms with Gasteiger partial charge in [-0.25, -0.2) is 0 Å². The van der Waals surface area contributed by atoms with Crippen molar-refractivity contribution in [3.8, 4) is 11.5 Å².